The van der Waals surface area contributed by atoms with Crippen LogP contribution in [0.25, 0.3) is 0 Å². The molecule has 2 N–H and O–H groups in total. The zero-order chi connectivity index (χ0) is 13.1. The number of esters is 1. The molecule has 0 amide bonds. The minimum Gasteiger partial charge on any atom is -0.465 e. The first-order valence-corrected chi connectivity index (χ1v) is 6.29. The second-order valence-electron chi connectivity index (χ2n) is 6.12. The van der Waals surface area contributed by atoms with E-state index in [9.17, 15) is 15.0 Å². The maximum Gasteiger partial charge on any atom is 0.315 e. The molecule has 0 aliphatic heterocycles. The van der Waals surface area contributed by atoms with Gasteiger partial charge >= 0.3 is 5.97 Å². The first kappa shape index (κ1) is 12.8. The average molecular weight is 242 g/mol. The number of aliphatic hydroxyl groups is 2. The molecule has 4 nitrogen and oxygen atoms in total. The third-order valence-electron chi connectivity index (χ3n) is 5.68. The number of hydrogen-bond donors (Lipinski definition) is 2. The molecule has 0 aromatic carbocycles. The molecule has 0 spiro atoms. The van der Waals surface area contributed by atoms with Gasteiger partial charge in [-0.05, 0) is 25.2 Å². The normalized spacial score (nSPS) is 47.2. The van der Waals surface area contributed by atoms with Crippen LogP contribution in [0.4, 0.5) is 0 Å². The lowest BCUT2D eigenvalue weighted by Crippen LogP contribution is -2.49. The summed E-state index contributed by atoms with van der Waals surface area (Å²) in [5.74, 6) is -0.363. The molecule has 17 heavy (non-hydrogen) atoms. The van der Waals surface area contributed by atoms with E-state index in [0.29, 0.717) is 13.0 Å². The van der Waals surface area contributed by atoms with Crippen molar-refractivity contribution in [2.45, 2.75) is 52.7 Å². The summed E-state index contributed by atoms with van der Waals surface area (Å²) in [6, 6.07) is 0. The van der Waals surface area contributed by atoms with E-state index in [4.69, 9.17) is 4.74 Å². The Morgan fingerprint density at radius 2 is 1.82 bits per heavy atom. The Balaban J connectivity index is 2.50. The van der Waals surface area contributed by atoms with E-state index in [-0.39, 0.29) is 5.97 Å². The zero-order valence-electron chi connectivity index (χ0n) is 11.0. The van der Waals surface area contributed by atoms with Gasteiger partial charge in [-0.1, -0.05) is 20.8 Å². The monoisotopic (exact) mass is 242 g/mol. The second-order valence-corrected chi connectivity index (χ2v) is 6.12. The van der Waals surface area contributed by atoms with Crippen LogP contribution in [-0.4, -0.2) is 35.0 Å². The molecule has 4 heteroatoms. The van der Waals surface area contributed by atoms with Gasteiger partial charge in [0, 0.05) is 5.41 Å². The Bertz CT molecular complexity index is 351. The van der Waals surface area contributed by atoms with Crippen molar-refractivity contribution < 1.29 is 19.7 Å². The standard InChI is InChI=1S/C13H22O4/c1-5-17-10(16)13-7-6-12(4,11(13,2)3)8(14)9(13)15/h8-9,14-15H,5-7H2,1-4H3/t8-,9-,12+,13+/m0/s1. The number of carbonyl (C=O) groups excluding carboxylic acids is 1. The lowest BCUT2D eigenvalue weighted by Gasteiger charge is -2.39. The van der Waals surface area contributed by atoms with Crippen LogP contribution in [-0.2, 0) is 9.53 Å². The molecule has 98 valence electrons. The van der Waals surface area contributed by atoms with Crippen molar-refractivity contribution in [3.8, 4) is 0 Å². The van der Waals surface area contributed by atoms with Gasteiger partial charge < -0.3 is 14.9 Å². The summed E-state index contributed by atoms with van der Waals surface area (Å²) in [7, 11) is 0. The summed E-state index contributed by atoms with van der Waals surface area (Å²) in [4.78, 5) is 12.2. The zero-order valence-corrected chi connectivity index (χ0v) is 11.0. The van der Waals surface area contributed by atoms with Gasteiger partial charge in [0.1, 0.15) is 5.41 Å². The van der Waals surface area contributed by atoms with Gasteiger partial charge in [0.25, 0.3) is 0 Å². The molecule has 0 radical (unpaired) electrons. The van der Waals surface area contributed by atoms with Gasteiger partial charge in [-0.2, -0.15) is 0 Å². The molecule has 0 saturated heterocycles. The second kappa shape index (κ2) is 3.45. The van der Waals surface area contributed by atoms with E-state index in [0.717, 1.165) is 6.42 Å². The Morgan fingerprint density at radius 1 is 1.24 bits per heavy atom. The van der Waals surface area contributed by atoms with Gasteiger partial charge in [-0.25, -0.2) is 0 Å². The van der Waals surface area contributed by atoms with Crippen molar-refractivity contribution in [2.24, 2.45) is 16.2 Å². The maximum atomic E-state index is 12.2. The van der Waals surface area contributed by atoms with Gasteiger partial charge in [-0.3, -0.25) is 4.79 Å². The lowest BCUT2D eigenvalue weighted by molar-refractivity contribution is -0.171. The fourth-order valence-electron chi connectivity index (χ4n) is 3.98. The fourth-order valence-corrected chi connectivity index (χ4v) is 3.98. The Kier molecular flexibility index (Phi) is 2.61. The van der Waals surface area contributed by atoms with E-state index in [1.165, 1.54) is 0 Å². The first-order chi connectivity index (χ1) is 7.75. The first-order valence-electron chi connectivity index (χ1n) is 6.29. The van der Waals surface area contributed by atoms with Gasteiger partial charge in [0.05, 0.1) is 18.8 Å². The highest BCUT2D eigenvalue weighted by atomic mass is 16.5. The van der Waals surface area contributed by atoms with Gasteiger partial charge in [0.2, 0.25) is 0 Å². The van der Waals surface area contributed by atoms with Crippen LogP contribution < -0.4 is 0 Å². The minimum absolute atomic E-state index is 0.302. The molecule has 2 saturated carbocycles. The summed E-state index contributed by atoms with van der Waals surface area (Å²) in [6.07, 6.45) is -0.532. The number of carbonyl (C=O) groups is 1. The highest BCUT2D eigenvalue weighted by Crippen LogP contribution is 2.72. The van der Waals surface area contributed by atoms with Crippen LogP contribution in [0.1, 0.15) is 40.5 Å². The maximum absolute atomic E-state index is 12.2. The van der Waals surface area contributed by atoms with Gasteiger partial charge in [0.15, 0.2) is 0 Å². The summed E-state index contributed by atoms with van der Waals surface area (Å²) < 4.78 is 5.14. The Hall–Kier alpha value is -0.610. The highest BCUT2D eigenvalue weighted by molar-refractivity contribution is 5.81. The topological polar surface area (TPSA) is 66.8 Å². The molecule has 0 aromatic heterocycles. The highest BCUT2D eigenvalue weighted by Gasteiger charge is 2.77. The molecule has 0 heterocycles. The van der Waals surface area contributed by atoms with E-state index in [2.05, 4.69) is 0 Å². The summed E-state index contributed by atoms with van der Waals surface area (Å²) >= 11 is 0. The van der Waals surface area contributed by atoms with E-state index in [1.54, 1.807) is 6.92 Å². The van der Waals surface area contributed by atoms with Crippen LogP contribution >= 0.6 is 0 Å². The molecular formula is C13H22O4. The van der Waals surface area contributed by atoms with Crippen LogP contribution in [0.15, 0.2) is 0 Å². The fraction of sp³-hybridized carbons (Fsp3) is 0.923. The molecule has 4 atom stereocenters. The SMILES string of the molecule is CCOC(=O)[C@@]12CC[C@](C)([C@@H](O)[C@@H]1O)C2(C)C. The van der Waals surface area contributed by atoms with Crippen molar-refractivity contribution >= 4 is 5.97 Å². The van der Waals surface area contributed by atoms with Crippen molar-refractivity contribution in [3.63, 3.8) is 0 Å². The predicted octanol–water partition coefficient (Wildman–Crippen LogP) is 1.10. The van der Waals surface area contributed by atoms with E-state index >= 15 is 0 Å². The molecule has 2 fully saturated rings. The summed E-state index contributed by atoms with van der Waals surface area (Å²) in [5.41, 5.74) is -1.82. The van der Waals surface area contributed by atoms with Crippen LogP contribution in [0.5, 0.6) is 0 Å². The van der Waals surface area contributed by atoms with Gasteiger partial charge in [-0.15, -0.1) is 0 Å². The summed E-state index contributed by atoms with van der Waals surface area (Å²) in [6.45, 7) is 7.92. The number of rotatable bonds is 2. The van der Waals surface area contributed by atoms with Crippen molar-refractivity contribution in [3.05, 3.63) is 0 Å². The van der Waals surface area contributed by atoms with Crippen molar-refractivity contribution in [2.75, 3.05) is 6.61 Å². The number of hydrogen-bond acceptors (Lipinski definition) is 4. The molecule has 2 aliphatic rings. The number of aliphatic hydroxyl groups excluding tert-OH is 2. The van der Waals surface area contributed by atoms with Crippen LogP contribution in [0.3, 0.4) is 0 Å². The molecule has 0 unspecified atom stereocenters. The quantitative estimate of drug-likeness (QED) is 0.712. The number of fused-ring (bicyclic) bond motifs is 2. The van der Waals surface area contributed by atoms with Crippen LogP contribution in [0, 0.1) is 16.2 Å². The molecule has 0 aromatic rings. The Morgan fingerprint density at radius 3 is 2.24 bits per heavy atom. The Labute approximate surface area is 102 Å². The molecule has 2 rings (SSSR count). The minimum atomic E-state index is -1.02. The average Bonchev–Trinajstić information content (AvgIpc) is 2.52. The third kappa shape index (κ3) is 1.13. The smallest absolute Gasteiger partial charge is 0.315 e. The predicted molar refractivity (Wildman–Crippen MR) is 62.2 cm³/mol. The van der Waals surface area contributed by atoms with Crippen molar-refractivity contribution in [1.82, 2.24) is 0 Å². The largest absolute Gasteiger partial charge is 0.465 e. The van der Waals surface area contributed by atoms with Crippen molar-refractivity contribution in [1.29, 1.82) is 0 Å². The van der Waals surface area contributed by atoms with Crippen LogP contribution in [0.2, 0.25) is 0 Å². The summed E-state index contributed by atoms with van der Waals surface area (Å²) in [5, 5.41) is 20.5. The number of ether oxygens (including phenoxy) is 1. The lowest BCUT2D eigenvalue weighted by atomic mass is 9.64. The van der Waals surface area contributed by atoms with E-state index in [1.807, 2.05) is 20.8 Å². The third-order valence-corrected chi connectivity index (χ3v) is 5.68. The van der Waals surface area contributed by atoms with E-state index < -0.39 is 28.5 Å². The molecule has 2 aliphatic carbocycles. The molecular weight excluding hydrogens is 220 g/mol. The molecule has 2 bridgehead atoms.